The number of ether oxygens (including phenoxy) is 1. The number of aromatic nitrogens is 3. The number of anilines is 1. The first kappa shape index (κ1) is 19.4. The summed E-state index contributed by atoms with van der Waals surface area (Å²) in [5, 5.41) is 2.78. The smallest absolute Gasteiger partial charge is 0.365 e. The van der Waals surface area contributed by atoms with Crippen LogP contribution in [0.2, 0.25) is 0 Å². The molecular formula is C21H21N5O4. The molecule has 3 aromatic rings. The maximum Gasteiger partial charge on any atom is 0.365 e. The van der Waals surface area contributed by atoms with Gasteiger partial charge >= 0.3 is 11.7 Å². The van der Waals surface area contributed by atoms with Crippen LogP contribution >= 0.6 is 0 Å². The first-order valence-corrected chi connectivity index (χ1v) is 9.52. The molecule has 1 aliphatic heterocycles. The lowest BCUT2D eigenvalue weighted by Crippen LogP contribution is -2.38. The van der Waals surface area contributed by atoms with Crippen molar-refractivity contribution in [3.63, 3.8) is 0 Å². The lowest BCUT2D eigenvalue weighted by molar-refractivity contribution is -0.121. The summed E-state index contributed by atoms with van der Waals surface area (Å²) in [7, 11) is 1.56. The Morgan fingerprint density at radius 1 is 1.10 bits per heavy atom. The average molecular weight is 407 g/mol. The van der Waals surface area contributed by atoms with Gasteiger partial charge in [0.1, 0.15) is 12.3 Å². The molecule has 30 heavy (non-hydrogen) atoms. The Morgan fingerprint density at radius 3 is 2.53 bits per heavy atom. The van der Waals surface area contributed by atoms with Crippen molar-refractivity contribution in [2.24, 2.45) is 0 Å². The van der Waals surface area contributed by atoms with Gasteiger partial charge in [0.05, 0.1) is 13.7 Å². The quantitative estimate of drug-likeness (QED) is 0.638. The number of amides is 2. The van der Waals surface area contributed by atoms with Gasteiger partial charge in [-0.25, -0.2) is 14.3 Å². The predicted octanol–water partition coefficient (Wildman–Crippen LogP) is 1.40. The molecule has 2 amide bonds. The molecule has 0 bridgehead atoms. The number of carbonyl (C=O) groups excluding carboxylic acids is 2. The van der Waals surface area contributed by atoms with Crippen molar-refractivity contribution in [1.82, 2.24) is 19.7 Å². The lowest BCUT2D eigenvalue weighted by atomic mass is 10.1. The number of hydrogen-bond acceptors (Lipinski definition) is 5. The van der Waals surface area contributed by atoms with E-state index in [1.165, 1.54) is 9.58 Å². The van der Waals surface area contributed by atoms with Gasteiger partial charge in [0.25, 0.3) is 0 Å². The lowest BCUT2D eigenvalue weighted by Gasteiger charge is -2.16. The molecular weight excluding hydrogens is 386 g/mol. The molecule has 2 aromatic carbocycles. The van der Waals surface area contributed by atoms with Crippen LogP contribution in [-0.4, -0.2) is 39.9 Å². The summed E-state index contributed by atoms with van der Waals surface area (Å²) >= 11 is 0. The van der Waals surface area contributed by atoms with Gasteiger partial charge in [-0.15, -0.1) is 0 Å². The summed E-state index contributed by atoms with van der Waals surface area (Å²) in [5.41, 5.74) is 1.13. The first-order chi connectivity index (χ1) is 14.6. The fourth-order valence-corrected chi connectivity index (χ4v) is 3.36. The van der Waals surface area contributed by atoms with E-state index in [9.17, 15) is 14.4 Å². The predicted molar refractivity (Wildman–Crippen MR) is 110 cm³/mol. The van der Waals surface area contributed by atoms with E-state index in [-0.39, 0.29) is 19.0 Å². The number of rotatable bonds is 7. The monoisotopic (exact) mass is 407 g/mol. The van der Waals surface area contributed by atoms with Crippen LogP contribution in [0.5, 0.6) is 5.75 Å². The fraction of sp³-hybridized carbons (Fsp3) is 0.238. The van der Waals surface area contributed by atoms with Crippen LogP contribution in [0.25, 0.3) is 0 Å². The SMILES string of the molecule is COc1ccc(N2Cc3nc(=O)n(CC(=O)NCCc4ccccc4)n3C2=O)cc1. The standard InChI is InChI=1S/C21H21N5O4/c1-30-17-9-7-16(8-10-17)24-13-18-23-20(28)25(26(18)21(24)29)14-19(27)22-12-11-15-5-3-2-4-6-15/h2-10H,11-14H2,1H3,(H,22,27). The number of nitrogens with one attached hydrogen (secondary N) is 1. The van der Waals surface area contributed by atoms with Crippen molar-refractivity contribution in [3.8, 4) is 5.75 Å². The highest BCUT2D eigenvalue weighted by Crippen LogP contribution is 2.25. The summed E-state index contributed by atoms with van der Waals surface area (Å²) in [6.45, 7) is 0.316. The average Bonchev–Trinajstić information content (AvgIpc) is 3.24. The number of nitrogens with zero attached hydrogens (tertiary/aromatic N) is 4. The Kier molecular flexibility index (Phi) is 5.34. The third-order valence-electron chi connectivity index (χ3n) is 4.90. The van der Waals surface area contributed by atoms with E-state index in [1.807, 2.05) is 30.3 Å². The van der Waals surface area contributed by atoms with E-state index in [4.69, 9.17) is 4.74 Å². The summed E-state index contributed by atoms with van der Waals surface area (Å²) in [4.78, 5) is 42.9. The fourth-order valence-electron chi connectivity index (χ4n) is 3.36. The zero-order valence-electron chi connectivity index (χ0n) is 16.4. The highest BCUT2D eigenvalue weighted by atomic mass is 16.5. The van der Waals surface area contributed by atoms with Crippen LogP contribution in [0.15, 0.2) is 59.4 Å². The van der Waals surface area contributed by atoms with Crippen molar-refractivity contribution in [2.45, 2.75) is 19.5 Å². The van der Waals surface area contributed by atoms with E-state index < -0.39 is 11.7 Å². The van der Waals surface area contributed by atoms with Crippen molar-refractivity contribution < 1.29 is 14.3 Å². The molecule has 0 aliphatic carbocycles. The van der Waals surface area contributed by atoms with Gasteiger partial charge in [-0.2, -0.15) is 9.67 Å². The summed E-state index contributed by atoms with van der Waals surface area (Å²) in [6.07, 6.45) is 0.677. The van der Waals surface area contributed by atoms with Gasteiger partial charge in [0.15, 0.2) is 5.82 Å². The number of benzene rings is 2. The number of fused-ring (bicyclic) bond motifs is 1. The molecule has 0 fully saturated rings. The Hall–Kier alpha value is -3.88. The Balaban J connectivity index is 1.43. The zero-order valence-corrected chi connectivity index (χ0v) is 16.4. The molecule has 9 nitrogen and oxygen atoms in total. The minimum absolute atomic E-state index is 0.156. The zero-order chi connectivity index (χ0) is 21.1. The van der Waals surface area contributed by atoms with Crippen molar-refractivity contribution in [3.05, 3.63) is 76.5 Å². The summed E-state index contributed by atoms with van der Waals surface area (Å²) < 4.78 is 7.37. The van der Waals surface area contributed by atoms with Crippen LogP contribution < -0.4 is 20.6 Å². The van der Waals surface area contributed by atoms with E-state index in [0.29, 0.717) is 30.2 Å². The van der Waals surface area contributed by atoms with Crippen LogP contribution in [0.1, 0.15) is 11.4 Å². The second kappa shape index (κ2) is 8.24. The molecule has 0 atom stereocenters. The Labute approximate surface area is 172 Å². The maximum absolute atomic E-state index is 12.9. The van der Waals surface area contributed by atoms with Crippen LogP contribution in [0.3, 0.4) is 0 Å². The van der Waals surface area contributed by atoms with Gasteiger partial charge in [-0.05, 0) is 36.2 Å². The molecule has 0 saturated carbocycles. The summed E-state index contributed by atoms with van der Waals surface area (Å²) in [6, 6.07) is 16.3. The molecule has 0 spiro atoms. The van der Waals surface area contributed by atoms with E-state index in [2.05, 4.69) is 10.3 Å². The molecule has 154 valence electrons. The third kappa shape index (κ3) is 3.82. The third-order valence-corrected chi connectivity index (χ3v) is 4.90. The van der Waals surface area contributed by atoms with Gasteiger partial charge < -0.3 is 10.1 Å². The van der Waals surface area contributed by atoms with Gasteiger partial charge in [-0.3, -0.25) is 9.69 Å². The van der Waals surface area contributed by atoms with Crippen LogP contribution in [-0.2, 0) is 24.3 Å². The Bertz CT molecular complexity index is 1120. The molecule has 1 N–H and O–H groups in total. The van der Waals surface area contributed by atoms with Crippen LogP contribution in [0, 0.1) is 0 Å². The molecule has 4 rings (SSSR count). The first-order valence-electron chi connectivity index (χ1n) is 9.52. The van der Waals surface area contributed by atoms with E-state index in [0.717, 1.165) is 10.2 Å². The highest BCUT2D eigenvalue weighted by Gasteiger charge is 2.33. The topological polar surface area (TPSA) is 98.5 Å². The van der Waals surface area contributed by atoms with Gasteiger partial charge in [0.2, 0.25) is 5.91 Å². The Morgan fingerprint density at radius 2 is 1.83 bits per heavy atom. The molecule has 9 heteroatoms. The molecule has 0 saturated heterocycles. The molecule has 1 aliphatic rings. The molecule has 2 heterocycles. The second-order valence-electron chi connectivity index (χ2n) is 6.83. The number of hydrogen-bond donors (Lipinski definition) is 1. The number of methoxy groups -OCH3 is 1. The molecule has 1 aromatic heterocycles. The number of carbonyl (C=O) groups is 2. The molecule has 0 radical (unpaired) electrons. The minimum atomic E-state index is -0.619. The maximum atomic E-state index is 12.9. The highest BCUT2D eigenvalue weighted by molar-refractivity contribution is 5.95. The minimum Gasteiger partial charge on any atom is -0.497 e. The van der Waals surface area contributed by atoms with E-state index in [1.54, 1.807) is 31.4 Å². The van der Waals surface area contributed by atoms with Crippen LogP contribution in [0.4, 0.5) is 10.5 Å². The van der Waals surface area contributed by atoms with Crippen molar-refractivity contribution in [2.75, 3.05) is 18.6 Å². The van der Waals surface area contributed by atoms with Crippen molar-refractivity contribution >= 4 is 17.6 Å². The largest absolute Gasteiger partial charge is 0.497 e. The van der Waals surface area contributed by atoms with Crippen molar-refractivity contribution in [1.29, 1.82) is 0 Å². The van der Waals surface area contributed by atoms with Gasteiger partial charge in [0, 0.05) is 12.2 Å². The second-order valence-corrected chi connectivity index (χ2v) is 6.83. The summed E-state index contributed by atoms with van der Waals surface area (Å²) in [5.74, 6) is 0.622. The molecule has 0 unspecified atom stereocenters. The van der Waals surface area contributed by atoms with E-state index >= 15 is 0 Å². The normalized spacial score (nSPS) is 12.7. The van der Waals surface area contributed by atoms with Gasteiger partial charge in [-0.1, -0.05) is 30.3 Å².